The van der Waals surface area contributed by atoms with Crippen LogP contribution in [-0.4, -0.2) is 57.5 Å². The summed E-state index contributed by atoms with van der Waals surface area (Å²) in [6.45, 7) is 6.00. The van der Waals surface area contributed by atoms with Crippen molar-refractivity contribution in [3.05, 3.63) is 54.1 Å². The number of hydrogen-bond acceptors (Lipinski definition) is 4. The Morgan fingerprint density at radius 2 is 1.69 bits per heavy atom. The van der Waals surface area contributed by atoms with Gasteiger partial charge in [-0.2, -0.15) is 0 Å². The number of likely N-dealkylation sites (N-methyl/N-ethyl adjacent to an activating group) is 1. The molecule has 0 aliphatic carbocycles. The second kappa shape index (κ2) is 6.27. The van der Waals surface area contributed by atoms with Gasteiger partial charge in [-0.25, -0.2) is 0 Å². The average molecular weight is 351 g/mol. The molecule has 26 heavy (non-hydrogen) atoms. The zero-order chi connectivity index (χ0) is 17.6. The van der Waals surface area contributed by atoms with Crippen LogP contribution in [0.1, 0.15) is 11.6 Å². The van der Waals surface area contributed by atoms with Gasteiger partial charge in [0.2, 0.25) is 0 Å². The molecule has 2 aromatic carbocycles. The Hall–Kier alpha value is -2.08. The second-order valence-electron chi connectivity index (χ2n) is 7.76. The van der Waals surface area contributed by atoms with E-state index in [4.69, 9.17) is 4.74 Å². The Kier molecular flexibility index (Phi) is 3.89. The molecule has 0 aromatic heterocycles. The highest BCUT2D eigenvalue weighted by atomic mass is 16.5. The van der Waals surface area contributed by atoms with Gasteiger partial charge in [0.15, 0.2) is 6.17 Å². The van der Waals surface area contributed by atoms with Crippen molar-refractivity contribution in [3.8, 4) is 0 Å². The van der Waals surface area contributed by atoms with E-state index in [9.17, 15) is 0 Å². The molecule has 0 spiro atoms. The van der Waals surface area contributed by atoms with E-state index in [1.807, 2.05) is 0 Å². The molecule has 1 fully saturated rings. The van der Waals surface area contributed by atoms with Crippen LogP contribution in [0.5, 0.6) is 0 Å². The maximum absolute atomic E-state index is 5.51. The highest BCUT2D eigenvalue weighted by Crippen LogP contribution is 2.48. The smallest absolute Gasteiger partial charge is 0.192 e. The number of quaternary nitrogens is 1. The summed E-state index contributed by atoms with van der Waals surface area (Å²) in [6.07, 6.45) is 0.309. The van der Waals surface area contributed by atoms with Crippen molar-refractivity contribution in [2.75, 3.05) is 57.1 Å². The fourth-order valence-electron chi connectivity index (χ4n) is 4.74. The lowest BCUT2D eigenvalue weighted by atomic mass is 10.0. The normalized spacial score (nSPS) is 29.9. The first-order chi connectivity index (χ1) is 12.8. The Morgan fingerprint density at radius 3 is 2.50 bits per heavy atom. The summed E-state index contributed by atoms with van der Waals surface area (Å²) in [4.78, 5) is 2.53. The summed E-state index contributed by atoms with van der Waals surface area (Å²) in [6, 6.07) is 17.8. The van der Waals surface area contributed by atoms with E-state index in [2.05, 4.69) is 71.1 Å². The summed E-state index contributed by atoms with van der Waals surface area (Å²) in [5.41, 5.74) is 5.26. The number of nitrogens with one attached hydrogen (secondary N) is 2. The van der Waals surface area contributed by atoms with E-state index in [0.717, 1.165) is 43.9 Å². The number of rotatable bonds is 3. The Morgan fingerprint density at radius 1 is 1.00 bits per heavy atom. The minimum absolute atomic E-state index is 0.302. The third-order valence-electron chi connectivity index (χ3n) is 6.28. The van der Waals surface area contributed by atoms with Crippen molar-refractivity contribution in [2.45, 2.75) is 12.2 Å². The second-order valence-corrected chi connectivity index (χ2v) is 7.76. The maximum atomic E-state index is 5.51. The van der Waals surface area contributed by atoms with Crippen molar-refractivity contribution in [3.63, 3.8) is 0 Å². The molecule has 5 heteroatoms. The molecule has 0 radical (unpaired) electrons. The Bertz CT molecular complexity index is 804. The third-order valence-corrected chi connectivity index (χ3v) is 6.28. The molecule has 5 nitrogen and oxygen atoms in total. The van der Waals surface area contributed by atoms with Crippen LogP contribution in [0.2, 0.25) is 0 Å². The quantitative estimate of drug-likeness (QED) is 0.834. The molecule has 136 valence electrons. The molecular formula is C21H27N4O+. The standard InChI is InChI=1S/C21H27N4O/c1-25(13-10-24-11-14-26-15-12-24)19-9-5-2-6-16(19)20-21(25)23-18-8-4-3-7-17(18)22-20/h2-9,20-23H,10-15H2,1H3/q+1. The number of ether oxygens (including phenoxy) is 1. The Balaban J connectivity index is 1.47. The van der Waals surface area contributed by atoms with Gasteiger partial charge in [0.1, 0.15) is 11.7 Å². The minimum atomic E-state index is 0.302. The molecule has 3 aliphatic rings. The van der Waals surface area contributed by atoms with Gasteiger partial charge in [0.25, 0.3) is 0 Å². The molecule has 3 heterocycles. The van der Waals surface area contributed by atoms with Gasteiger partial charge in [-0.3, -0.25) is 9.38 Å². The summed E-state index contributed by atoms with van der Waals surface area (Å²) in [7, 11) is 2.38. The van der Waals surface area contributed by atoms with E-state index >= 15 is 0 Å². The molecule has 2 N–H and O–H groups in total. The number of morpholine rings is 1. The van der Waals surface area contributed by atoms with Gasteiger partial charge in [-0.1, -0.05) is 30.3 Å². The number of anilines is 2. The minimum Gasteiger partial charge on any atom is -0.379 e. The van der Waals surface area contributed by atoms with Gasteiger partial charge in [0.05, 0.1) is 38.2 Å². The number of fused-ring (bicyclic) bond motifs is 4. The van der Waals surface area contributed by atoms with Gasteiger partial charge in [-0.15, -0.1) is 0 Å². The number of benzene rings is 2. The molecule has 3 unspecified atom stereocenters. The fraction of sp³-hybridized carbons (Fsp3) is 0.429. The van der Waals surface area contributed by atoms with Crippen LogP contribution in [0.15, 0.2) is 48.5 Å². The number of hydrogen-bond donors (Lipinski definition) is 2. The van der Waals surface area contributed by atoms with Crippen molar-refractivity contribution in [1.82, 2.24) is 9.38 Å². The first-order valence-corrected chi connectivity index (χ1v) is 9.63. The Labute approximate surface area is 155 Å². The lowest BCUT2D eigenvalue weighted by Crippen LogP contribution is -2.60. The first-order valence-electron chi connectivity index (χ1n) is 9.63. The van der Waals surface area contributed by atoms with Crippen LogP contribution < -0.4 is 15.1 Å². The molecule has 0 amide bonds. The molecule has 0 saturated carbocycles. The summed E-state index contributed by atoms with van der Waals surface area (Å²) < 4.78 is 6.42. The van der Waals surface area contributed by atoms with Crippen molar-refractivity contribution >= 4 is 17.1 Å². The van der Waals surface area contributed by atoms with E-state index in [0.29, 0.717) is 12.2 Å². The van der Waals surface area contributed by atoms with Crippen LogP contribution in [0.3, 0.4) is 0 Å². The third kappa shape index (κ3) is 2.50. The van der Waals surface area contributed by atoms with E-state index < -0.39 is 0 Å². The first kappa shape index (κ1) is 16.1. The largest absolute Gasteiger partial charge is 0.379 e. The maximum Gasteiger partial charge on any atom is 0.192 e. The fourth-order valence-corrected chi connectivity index (χ4v) is 4.74. The predicted octanol–water partition coefficient (Wildman–Crippen LogP) is 2.87. The zero-order valence-electron chi connectivity index (χ0n) is 15.3. The van der Waals surface area contributed by atoms with E-state index in [1.165, 1.54) is 22.6 Å². The SMILES string of the molecule is C[N+]1(CCN2CCOCC2)c2ccccc2C2Nc3ccccc3NC21. The van der Waals surface area contributed by atoms with Gasteiger partial charge < -0.3 is 15.4 Å². The summed E-state index contributed by atoms with van der Waals surface area (Å²) in [5, 5.41) is 7.65. The molecule has 1 saturated heterocycles. The molecule has 0 bridgehead atoms. The molecule has 5 rings (SSSR count). The monoisotopic (exact) mass is 351 g/mol. The molecular weight excluding hydrogens is 324 g/mol. The van der Waals surface area contributed by atoms with Gasteiger partial charge in [-0.05, 0) is 18.2 Å². The topological polar surface area (TPSA) is 36.5 Å². The van der Waals surface area contributed by atoms with Crippen molar-refractivity contribution in [2.24, 2.45) is 0 Å². The van der Waals surface area contributed by atoms with Crippen molar-refractivity contribution < 1.29 is 4.74 Å². The average Bonchev–Trinajstić information content (AvgIpc) is 2.95. The lowest BCUT2D eigenvalue weighted by molar-refractivity contribution is 0.0337. The zero-order valence-corrected chi connectivity index (χ0v) is 15.3. The highest BCUT2D eigenvalue weighted by molar-refractivity contribution is 5.76. The van der Waals surface area contributed by atoms with E-state index in [-0.39, 0.29) is 0 Å². The van der Waals surface area contributed by atoms with Crippen LogP contribution >= 0.6 is 0 Å². The molecule has 3 aliphatic heterocycles. The van der Waals surface area contributed by atoms with E-state index in [1.54, 1.807) is 0 Å². The number of nitrogens with zero attached hydrogens (tertiary/aromatic N) is 2. The molecule has 3 atom stereocenters. The van der Waals surface area contributed by atoms with Crippen LogP contribution in [0, 0.1) is 0 Å². The highest BCUT2D eigenvalue weighted by Gasteiger charge is 2.52. The predicted molar refractivity (Wildman–Crippen MR) is 107 cm³/mol. The van der Waals surface area contributed by atoms with Gasteiger partial charge >= 0.3 is 0 Å². The van der Waals surface area contributed by atoms with Crippen LogP contribution in [0.25, 0.3) is 0 Å². The van der Waals surface area contributed by atoms with Gasteiger partial charge in [0, 0.05) is 25.2 Å². The summed E-state index contributed by atoms with van der Waals surface area (Å²) in [5.74, 6) is 0. The summed E-state index contributed by atoms with van der Waals surface area (Å²) >= 11 is 0. The number of para-hydroxylation sites is 3. The molecule has 2 aromatic rings. The van der Waals surface area contributed by atoms with Crippen LogP contribution in [0.4, 0.5) is 17.1 Å². The van der Waals surface area contributed by atoms with Crippen molar-refractivity contribution in [1.29, 1.82) is 0 Å². The lowest BCUT2D eigenvalue weighted by Gasteiger charge is -2.42. The van der Waals surface area contributed by atoms with Crippen LogP contribution in [-0.2, 0) is 4.74 Å².